The van der Waals surface area contributed by atoms with E-state index in [1.165, 1.54) is 12.3 Å². The summed E-state index contributed by atoms with van der Waals surface area (Å²) in [4.78, 5) is 17.0. The summed E-state index contributed by atoms with van der Waals surface area (Å²) in [7, 11) is 0. The zero-order valence-electron chi connectivity index (χ0n) is 17.1. The maximum absolute atomic E-state index is 13.7. The highest BCUT2D eigenvalue weighted by molar-refractivity contribution is 5.68. The number of anilines is 3. The van der Waals surface area contributed by atoms with Crippen molar-refractivity contribution in [1.82, 2.24) is 15.0 Å². The van der Waals surface area contributed by atoms with Gasteiger partial charge in [0.25, 0.3) is 5.92 Å². The van der Waals surface area contributed by atoms with Crippen LogP contribution in [0.25, 0.3) is 11.3 Å². The molecule has 12 heteroatoms. The normalized spacial score (nSPS) is 24.4. The highest BCUT2D eigenvalue weighted by atomic mass is 19.3. The minimum Gasteiger partial charge on any atom is -0.431 e. The summed E-state index contributed by atoms with van der Waals surface area (Å²) in [5.41, 5.74) is 6.47. The minimum absolute atomic E-state index is 0.116. The monoisotopic (exact) mass is 454 g/mol. The summed E-state index contributed by atoms with van der Waals surface area (Å²) in [6.07, 6.45) is 1.86. The molecule has 32 heavy (non-hydrogen) atoms. The van der Waals surface area contributed by atoms with Crippen LogP contribution in [0.3, 0.4) is 0 Å². The van der Waals surface area contributed by atoms with E-state index >= 15 is 0 Å². The molecule has 3 aliphatic rings. The lowest BCUT2D eigenvalue weighted by Gasteiger charge is -2.33. The van der Waals surface area contributed by atoms with E-state index in [2.05, 4.69) is 24.6 Å². The number of nitrogen functional groups attached to an aromatic ring is 1. The summed E-state index contributed by atoms with van der Waals surface area (Å²) in [6.45, 7) is -1.57. The Morgan fingerprint density at radius 3 is 2.62 bits per heavy atom. The number of nitrogens with two attached hydrogens (primary N) is 1. The SMILES string of the molecule is Nc1ncc(-c2cc(N3C[C@@H]4C[C@H]3CO4)nc(N3CCC(F)(F)CC3)n2)cc1OC(F)F. The number of ether oxygens (including phenoxy) is 2. The van der Waals surface area contributed by atoms with Crippen LogP contribution >= 0.6 is 0 Å². The average molecular weight is 454 g/mol. The fourth-order valence-electron chi connectivity index (χ4n) is 4.36. The van der Waals surface area contributed by atoms with Gasteiger partial charge in [-0.1, -0.05) is 0 Å². The molecule has 3 aliphatic heterocycles. The van der Waals surface area contributed by atoms with Gasteiger partial charge in [0.1, 0.15) is 5.82 Å². The molecule has 3 saturated heterocycles. The quantitative estimate of drug-likeness (QED) is 0.690. The minimum atomic E-state index is -3.05. The van der Waals surface area contributed by atoms with E-state index in [1.807, 2.05) is 0 Å². The second-order valence-corrected chi connectivity index (χ2v) is 8.24. The number of alkyl halides is 4. The maximum atomic E-state index is 13.7. The molecule has 0 aliphatic carbocycles. The second-order valence-electron chi connectivity index (χ2n) is 8.24. The number of morpholine rings is 1. The van der Waals surface area contributed by atoms with E-state index in [4.69, 9.17) is 10.5 Å². The van der Waals surface area contributed by atoms with Gasteiger partial charge in [0.15, 0.2) is 11.6 Å². The zero-order chi connectivity index (χ0) is 22.5. The fourth-order valence-corrected chi connectivity index (χ4v) is 4.36. The Balaban J connectivity index is 1.52. The summed E-state index contributed by atoms with van der Waals surface area (Å²) >= 11 is 0. The lowest BCUT2D eigenvalue weighted by Crippen LogP contribution is -2.41. The van der Waals surface area contributed by atoms with E-state index in [1.54, 1.807) is 11.0 Å². The van der Waals surface area contributed by atoms with E-state index in [0.717, 1.165) is 6.42 Å². The third-order valence-electron chi connectivity index (χ3n) is 6.07. The largest absolute Gasteiger partial charge is 0.431 e. The van der Waals surface area contributed by atoms with Crippen LogP contribution in [0, 0.1) is 0 Å². The van der Waals surface area contributed by atoms with Crippen LogP contribution in [0.2, 0.25) is 0 Å². The molecule has 0 unspecified atom stereocenters. The van der Waals surface area contributed by atoms with Gasteiger partial charge in [-0.3, -0.25) is 0 Å². The summed E-state index contributed by atoms with van der Waals surface area (Å²) in [6, 6.07) is 3.25. The van der Waals surface area contributed by atoms with Gasteiger partial charge in [0.2, 0.25) is 5.95 Å². The number of piperidine rings is 1. The summed E-state index contributed by atoms with van der Waals surface area (Å²) in [5, 5.41) is 0. The molecule has 0 aromatic carbocycles. The van der Waals surface area contributed by atoms with Gasteiger partial charge in [-0.15, -0.1) is 0 Å². The van der Waals surface area contributed by atoms with Crippen molar-refractivity contribution in [2.75, 3.05) is 41.8 Å². The van der Waals surface area contributed by atoms with E-state index < -0.39 is 12.5 Å². The van der Waals surface area contributed by atoms with Crippen molar-refractivity contribution in [3.8, 4) is 17.0 Å². The molecule has 172 valence electrons. The van der Waals surface area contributed by atoms with Gasteiger partial charge >= 0.3 is 6.61 Å². The lowest BCUT2D eigenvalue weighted by atomic mass is 10.1. The number of nitrogens with zero attached hydrogens (tertiary/aromatic N) is 5. The molecular formula is C20H22F4N6O2. The predicted molar refractivity (Wildman–Crippen MR) is 108 cm³/mol. The molecule has 5 heterocycles. The molecule has 2 aromatic heterocycles. The molecule has 2 bridgehead atoms. The van der Waals surface area contributed by atoms with Crippen molar-refractivity contribution in [3.63, 3.8) is 0 Å². The van der Waals surface area contributed by atoms with Gasteiger partial charge < -0.3 is 25.0 Å². The number of hydrogen-bond donors (Lipinski definition) is 1. The summed E-state index contributed by atoms with van der Waals surface area (Å²) in [5.74, 6) is -2.19. The molecular weight excluding hydrogens is 432 g/mol. The summed E-state index contributed by atoms with van der Waals surface area (Å²) < 4.78 is 62.9. The van der Waals surface area contributed by atoms with Crippen LogP contribution in [0.1, 0.15) is 19.3 Å². The molecule has 0 radical (unpaired) electrons. The van der Waals surface area contributed by atoms with Crippen LogP contribution in [0.15, 0.2) is 18.3 Å². The number of pyridine rings is 1. The van der Waals surface area contributed by atoms with Crippen molar-refractivity contribution < 1.29 is 27.0 Å². The number of rotatable bonds is 5. The zero-order valence-corrected chi connectivity index (χ0v) is 17.1. The predicted octanol–water partition coefficient (Wildman–Crippen LogP) is 2.94. The molecule has 8 nitrogen and oxygen atoms in total. The molecule has 2 aromatic rings. The Morgan fingerprint density at radius 2 is 1.97 bits per heavy atom. The molecule has 2 atom stereocenters. The van der Waals surface area contributed by atoms with Crippen LogP contribution in [0.4, 0.5) is 35.1 Å². The molecule has 0 saturated carbocycles. The van der Waals surface area contributed by atoms with Gasteiger partial charge in [-0.25, -0.2) is 18.7 Å². The van der Waals surface area contributed by atoms with E-state index in [0.29, 0.717) is 36.2 Å². The lowest BCUT2D eigenvalue weighted by molar-refractivity contribution is -0.0495. The first-order valence-corrected chi connectivity index (χ1v) is 10.4. The topological polar surface area (TPSA) is 89.6 Å². The number of halogens is 4. The Kier molecular flexibility index (Phi) is 5.19. The van der Waals surface area contributed by atoms with Gasteiger partial charge in [-0.2, -0.15) is 13.8 Å². The Labute approximate surface area is 181 Å². The number of fused-ring (bicyclic) bond motifs is 2. The van der Waals surface area contributed by atoms with Gasteiger partial charge in [0.05, 0.1) is 24.4 Å². The van der Waals surface area contributed by atoms with Crippen molar-refractivity contribution in [1.29, 1.82) is 0 Å². The van der Waals surface area contributed by atoms with Crippen LogP contribution in [0.5, 0.6) is 5.75 Å². The third kappa shape index (κ3) is 4.10. The Morgan fingerprint density at radius 1 is 1.19 bits per heavy atom. The standard InChI is InChI=1S/C20H22F4N6O2/c21-18(22)32-15-5-11(8-26-17(15)25)14-7-16(30-9-13-6-12(30)10-31-13)28-19(27-14)29-3-1-20(23,24)2-4-29/h5,7-8,12-13,18H,1-4,6,9-10H2,(H2,25,26)/t12-,13-/m0/s1. The van der Waals surface area contributed by atoms with Crippen molar-refractivity contribution in [3.05, 3.63) is 18.3 Å². The van der Waals surface area contributed by atoms with Gasteiger partial charge in [0, 0.05) is 50.3 Å². The number of aromatic nitrogens is 3. The van der Waals surface area contributed by atoms with Crippen LogP contribution < -0.4 is 20.3 Å². The third-order valence-corrected chi connectivity index (χ3v) is 6.07. The van der Waals surface area contributed by atoms with Crippen LogP contribution in [-0.4, -0.2) is 65.9 Å². The second kappa shape index (κ2) is 7.91. The first-order chi connectivity index (χ1) is 15.3. The molecule has 5 rings (SSSR count). The highest BCUT2D eigenvalue weighted by Gasteiger charge is 2.40. The van der Waals surface area contributed by atoms with Crippen molar-refractivity contribution in [2.45, 2.75) is 43.9 Å². The Hall–Kier alpha value is -2.89. The van der Waals surface area contributed by atoms with E-state index in [9.17, 15) is 17.6 Å². The van der Waals surface area contributed by atoms with Gasteiger partial charge in [-0.05, 0) is 12.5 Å². The van der Waals surface area contributed by atoms with Crippen LogP contribution in [-0.2, 0) is 4.74 Å². The average Bonchev–Trinajstić information content (AvgIpc) is 3.38. The molecule has 2 N–H and O–H groups in total. The number of hydrogen-bond acceptors (Lipinski definition) is 8. The van der Waals surface area contributed by atoms with Crippen molar-refractivity contribution in [2.24, 2.45) is 0 Å². The molecule has 3 fully saturated rings. The first kappa shape index (κ1) is 21.0. The molecule has 0 amide bonds. The highest BCUT2D eigenvalue weighted by Crippen LogP contribution is 2.36. The Bertz CT molecular complexity index is 1000. The fraction of sp³-hybridized carbons (Fsp3) is 0.550. The van der Waals surface area contributed by atoms with E-state index in [-0.39, 0.29) is 49.6 Å². The maximum Gasteiger partial charge on any atom is 0.387 e. The first-order valence-electron chi connectivity index (χ1n) is 10.4. The smallest absolute Gasteiger partial charge is 0.387 e. The molecule has 0 spiro atoms. The van der Waals surface area contributed by atoms with Crippen molar-refractivity contribution >= 4 is 17.6 Å².